The number of carbonyl (C=O) groups is 1. The van der Waals surface area contributed by atoms with Crippen molar-refractivity contribution in [3.8, 4) is 17.2 Å². The number of aliphatic imine (C=N–C) groups is 1. The van der Waals surface area contributed by atoms with Gasteiger partial charge in [0.15, 0.2) is 17.2 Å². The Morgan fingerprint density at radius 2 is 1.96 bits per heavy atom. The third kappa shape index (κ3) is 3.04. The summed E-state index contributed by atoms with van der Waals surface area (Å²) in [5, 5.41) is 0. The fourth-order valence-electron chi connectivity index (χ4n) is 2.62. The molecule has 6 heteroatoms. The molecule has 2 aliphatic heterocycles. The van der Waals surface area contributed by atoms with Gasteiger partial charge < -0.3 is 18.9 Å². The molecule has 26 heavy (non-hydrogen) atoms. The largest absolute Gasteiger partial charge is 0.496 e. The molecule has 0 aliphatic carbocycles. The van der Waals surface area contributed by atoms with Gasteiger partial charge in [0, 0.05) is 11.1 Å². The van der Waals surface area contributed by atoms with Crippen molar-refractivity contribution < 1.29 is 23.7 Å². The van der Waals surface area contributed by atoms with Crippen molar-refractivity contribution in [1.29, 1.82) is 0 Å². The second-order valence-corrected chi connectivity index (χ2v) is 5.53. The van der Waals surface area contributed by atoms with Gasteiger partial charge in [0.2, 0.25) is 12.7 Å². The maximum absolute atomic E-state index is 12.0. The molecule has 4 rings (SSSR count). The molecule has 2 heterocycles. The molecule has 0 amide bonds. The summed E-state index contributed by atoms with van der Waals surface area (Å²) in [7, 11) is 1.61. The maximum Gasteiger partial charge on any atom is 0.363 e. The SMILES string of the molecule is COc1ccccc1/C=C/C=C1\N=C(c2ccc3c(c2)OCO3)OC1=O. The Balaban J connectivity index is 1.56. The van der Waals surface area contributed by atoms with Crippen LogP contribution in [0.1, 0.15) is 11.1 Å². The van der Waals surface area contributed by atoms with Crippen LogP contribution < -0.4 is 14.2 Å². The monoisotopic (exact) mass is 349 g/mol. The van der Waals surface area contributed by atoms with Gasteiger partial charge in [0.1, 0.15) is 5.75 Å². The highest BCUT2D eigenvalue weighted by molar-refractivity contribution is 6.11. The fraction of sp³-hybridized carbons (Fsp3) is 0.100. The normalized spacial score (nSPS) is 16.9. The zero-order chi connectivity index (χ0) is 17.9. The third-order valence-electron chi connectivity index (χ3n) is 3.91. The number of hydrogen-bond donors (Lipinski definition) is 0. The first-order valence-corrected chi connectivity index (χ1v) is 7.97. The standard InChI is InChI=1S/C20H15NO5/c1-23-16-8-3-2-5-13(16)6-4-7-15-20(22)26-19(21-15)14-9-10-17-18(11-14)25-12-24-17/h2-11H,12H2,1H3/b6-4+,15-7-. The van der Waals surface area contributed by atoms with Crippen molar-refractivity contribution in [2.45, 2.75) is 0 Å². The van der Waals surface area contributed by atoms with Crippen molar-refractivity contribution in [2.24, 2.45) is 4.99 Å². The topological polar surface area (TPSA) is 66.3 Å². The number of fused-ring (bicyclic) bond motifs is 1. The van der Waals surface area contributed by atoms with E-state index in [0.717, 1.165) is 11.3 Å². The second kappa shape index (κ2) is 6.76. The van der Waals surface area contributed by atoms with Crippen LogP contribution in [-0.4, -0.2) is 25.8 Å². The van der Waals surface area contributed by atoms with Crippen molar-refractivity contribution >= 4 is 17.9 Å². The van der Waals surface area contributed by atoms with Gasteiger partial charge in [-0.05, 0) is 30.3 Å². The van der Waals surface area contributed by atoms with Crippen molar-refractivity contribution in [2.75, 3.05) is 13.9 Å². The first-order valence-electron chi connectivity index (χ1n) is 7.97. The molecule has 2 aromatic carbocycles. The number of para-hydroxylation sites is 1. The summed E-state index contributed by atoms with van der Waals surface area (Å²) in [6.07, 6.45) is 5.18. The summed E-state index contributed by atoms with van der Waals surface area (Å²) < 4.78 is 21.1. The van der Waals surface area contributed by atoms with Gasteiger partial charge in [-0.1, -0.05) is 30.4 Å². The van der Waals surface area contributed by atoms with Crippen LogP contribution in [-0.2, 0) is 9.53 Å². The van der Waals surface area contributed by atoms with Gasteiger partial charge in [-0.25, -0.2) is 9.79 Å². The van der Waals surface area contributed by atoms with Gasteiger partial charge >= 0.3 is 5.97 Å². The average molecular weight is 349 g/mol. The Morgan fingerprint density at radius 1 is 1.12 bits per heavy atom. The molecule has 0 unspecified atom stereocenters. The highest BCUT2D eigenvalue weighted by atomic mass is 16.7. The molecular weight excluding hydrogens is 334 g/mol. The molecule has 0 fully saturated rings. The number of rotatable bonds is 4. The number of esters is 1. The first-order chi connectivity index (χ1) is 12.7. The lowest BCUT2D eigenvalue weighted by atomic mass is 10.2. The molecule has 0 saturated carbocycles. The van der Waals surface area contributed by atoms with Gasteiger partial charge in [0.25, 0.3) is 0 Å². The number of carbonyl (C=O) groups excluding carboxylic acids is 1. The summed E-state index contributed by atoms with van der Waals surface area (Å²) in [5.74, 6) is 1.76. The summed E-state index contributed by atoms with van der Waals surface area (Å²) in [5.41, 5.74) is 1.78. The molecule has 0 saturated heterocycles. The molecule has 130 valence electrons. The summed E-state index contributed by atoms with van der Waals surface area (Å²) >= 11 is 0. The molecule has 2 aromatic rings. The number of hydrogen-bond acceptors (Lipinski definition) is 6. The smallest absolute Gasteiger partial charge is 0.363 e. The molecule has 0 atom stereocenters. The van der Waals surface area contributed by atoms with Gasteiger partial charge in [-0.15, -0.1) is 0 Å². The van der Waals surface area contributed by atoms with Gasteiger partial charge in [-0.2, -0.15) is 0 Å². The zero-order valence-corrected chi connectivity index (χ0v) is 14.0. The van der Waals surface area contributed by atoms with Crippen LogP contribution in [0.4, 0.5) is 0 Å². The van der Waals surface area contributed by atoms with Crippen molar-refractivity contribution in [3.63, 3.8) is 0 Å². The number of nitrogens with zero attached hydrogens (tertiary/aromatic N) is 1. The molecule has 0 aromatic heterocycles. The predicted octanol–water partition coefficient (Wildman–Crippen LogP) is 3.32. The highest BCUT2D eigenvalue weighted by Crippen LogP contribution is 2.33. The van der Waals surface area contributed by atoms with E-state index in [2.05, 4.69) is 4.99 Å². The Hall–Kier alpha value is -3.54. The molecule has 0 N–H and O–H groups in total. The average Bonchev–Trinajstić information content (AvgIpc) is 3.28. The minimum Gasteiger partial charge on any atom is -0.496 e. The second-order valence-electron chi connectivity index (χ2n) is 5.53. The molecular formula is C20H15NO5. The fourth-order valence-corrected chi connectivity index (χ4v) is 2.62. The van der Waals surface area contributed by atoms with Crippen LogP contribution in [0.2, 0.25) is 0 Å². The molecule has 0 bridgehead atoms. The molecule has 0 spiro atoms. The summed E-state index contributed by atoms with van der Waals surface area (Å²) in [6.45, 7) is 0.184. The van der Waals surface area contributed by atoms with E-state index < -0.39 is 5.97 Å². The molecule has 6 nitrogen and oxygen atoms in total. The molecule has 0 radical (unpaired) electrons. The highest BCUT2D eigenvalue weighted by Gasteiger charge is 2.25. The van der Waals surface area contributed by atoms with Crippen LogP contribution in [0.3, 0.4) is 0 Å². The Labute approximate surface area is 150 Å². The lowest BCUT2D eigenvalue weighted by Crippen LogP contribution is -2.05. The maximum atomic E-state index is 12.0. The first kappa shape index (κ1) is 16.0. The van der Waals surface area contributed by atoms with E-state index in [0.29, 0.717) is 17.1 Å². The van der Waals surface area contributed by atoms with Crippen LogP contribution in [0.5, 0.6) is 17.2 Å². The number of ether oxygens (including phenoxy) is 4. The number of methoxy groups -OCH3 is 1. The minimum absolute atomic E-state index is 0.184. The lowest BCUT2D eigenvalue weighted by Gasteiger charge is -2.02. The van der Waals surface area contributed by atoms with E-state index in [1.807, 2.05) is 30.3 Å². The van der Waals surface area contributed by atoms with E-state index in [9.17, 15) is 4.79 Å². The Kier molecular flexibility index (Phi) is 4.15. The van der Waals surface area contributed by atoms with E-state index in [1.165, 1.54) is 0 Å². The van der Waals surface area contributed by atoms with Crippen LogP contribution >= 0.6 is 0 Å². The summed E-state index contributed by atoms with van der Waals surface area (Å²) in [6, 6.07) is 12.9. The zero-order valence-electron chi connectivity index (χ0n) is 14.0. The van der Waals surface area contributed by atoms with Crippen molar-refractivity contribution in [3.05, 3.63) is 71.4 Å². The molecule has 2 aliphatic rings. The lowest BCUT2D eigenvalue weighted by molar-refractivity contribution is -0.130. The summed E-state index contributed by atoms with van der Waals surface area (Å²) in [4.78, 5) is 16.3. The number of benzene rings is 2. The van der Waals surface area contributed by atoms with E-state index in [-0.39, 0.29) is 18.4 Å². The quantitative estimate of drug-likeness (QED) is 0.626. The van der Waals surface area contributed by atoms with Gasteiger partial charge in [0.05, 0.1) is 7.11 Å². The van der Waals surface area contributed by atoms with E-state index in [1.54, 1.807) is 37.5 Å². The number of cyclic esters (lactones) is 1. The minimum atomic E-state index is -0.498. The van der Waals surface area contributed by atoms with Crippen molar-refractivity contribution in [1.82, 2.24) is 0 Å². The predicted molar refractivity (Wildman–Crippen MR) is 95.3 cm³/mol. The van der Waals surface area contributed by atoms with E-state index >= 15 is 0 Å². The third-order valence-corrected chi connectivity index (χ3v) is 3.91. The van der Waals surface area contributed by atoms with Crippen LogP contribution in [0, 0.1) is 0 Å². The van der Waals surface area contributed by atoms with Crippen LogP contribution in [0.15, 0.2) is 65.3 Å². The van der Waals surface area contributed by atoms with E-state index in [4.69, 9.17) is 18.9 Å². The van der Waals surface area contributed by atoms with Gasteiger partial charge in [-0.3, -0.25) is 0 Å². The number of allylic oxidation sites excluding steroid dienone is 2. The Bertz CT molecular complexity index is 958. The van der Waals surface area contributed by atoms with Crippen LogP contribution in [0.25, 0.3) is 6.08 Å². The Morgan fingerprint density at radius 3 is 2.85 bits per heavy atom.